The number of amides is 1. The highest BCUT2D eigenvalue weighted by Crippen LogP contribution is 2.29. The molecule has 0 radical (unpaired) electrons. The fraction of sp³-hybridized carbons (Fsp3) is 0.278. The molecule has 0 saturated carbocycles. The number of benzene rings is 1. The van der Waals surface area contributed by atoms with E-state index in [1.807, 2.05) is 12.1 Å². The molecule has 124 valence electrons. The van der Waals surface area contributed by atoms with Crippen LogP contribution in [0.5, 0.6) is 0 Å². The van der Waals surface area contributed by atoms with Crippen molar-refractivity contribution >= 4 is 34.8 Å². The summed E-state index contributed by atoms with van der Waals surface area (Å²) < 4.78 is 0. The van der Waals surface area contributed by atoms with Crippen molar-refractivity contribution in [1.29, 1.82) is 0 Å². The zero-order valence-corrected chi connectivity index (χ0v) is 14.3. The second kappa shape index (κ2) is 6.61. The highest BCUT2D eigenvalue weighted by molar-refractivity contribution is 6.43. The Kier molecular flexibility index (Phi) is 4.53. The normalized spacial score (nSPS) is 14.1. The number of pyridine rings is 1. The molecule has 1 aliphatic heterocycles. The summed E-state index contributed by atoms with van der Waals surface area (Å²) in [4.78, 5) is 30.1. The van der Waals surface area contributed by atoms with Gasteiger partial charge in [0.1, 0.15) is 5.82 Å². The summed E-state index contributed by atoms with van der Waals surface area (Å²) in [5.74, 6) is 0.0656. The van der Waals surface area contributed by atoms with Crippen LogP contribution in [0.15, 0.2) is 36.5 Å². The van der Waals surface area contributed by atoms with Crippen LogP contribution in [0.2, 0.25) is 5.02 Å². The Hall–Kier alpha value is -2.40. The summed E-state index contributed by atoms with van der Waals surface area (Å²) in [6.07, 6.45) is 1.79. The Balaban J connectivity index is 1.88. The van der Waals surface area contributed by atoms with Crippen LogP contribution < -0.4 is 10.2 Å². The Labute approximate surface area is 145 Å². The summed E-state index contributed by atoms with van der Waals surface area (Å²) in [6, 6.07) is 9.10. The summed E-state index contributed by atoms with van der Waals surface area (Å²) in [7, 11) is 0. The van der Waals surface area contributed by atoms with Crippen molar-refractivity contribution in [1.82, 2.24) is 4.98 Å². The second-order valence-electron chi connectivity index (χ2n) is 6.04. The highest BCUT2D eigenvalue weighted by atomic mass is 35.5. The SMILES string of the molecule is CC(C)c1cccnc1NCN1C(=O)C(=O)Cc2cc(Cl)ccc21. The quantitative estimate of drug-likeness (QED) is 0.864. The topological polar surface area (TPSA) is 62.3 Å². The highest BCUT2D eigenvalue weighted by Gasteiger charge is 2.31. The lowest BCUT2D eigenvalue weighted by molar-refractivity contribution is -0.136. The van der Waals surface area contributed by atoms with Crippen molar-refractivity contribution in [3.05, 3.63) is 52.7 Å². The number of hydrogen-bond donors (Lipinski definition) is 1. The molecule has 0 spiro atoms. The van der Waals surface area contributed by atoms with E-state index in [2.05, 4.69) is 24.1 Å². The van der Waals surface area contributed by atoms with E-state index in [4.69, 9.17) is 11.6 Å². The molecule has 5 nitrogen and oxygen atoms in total. The molecule has 1 N–H and O–H groups in total. The Morgan fingerprint density at radius 2 is 2.08 bits per heavy atom. The van der Waals surface area contributed by atoms with Crippen molar-refractivity contribution in [3.8, 4) is 0 Å². The number of hydrogen-bond acceptors (Lipinski definition) is 4. The molecular formula is C18H18ClN3O2. The number of halogens is 1. The Morgan fingerprint density at radius 3 is 2.83 bits per heavy atom. The molecule has 0 bridgehead atoms. The van der Waals surface area contributed by atoms with Crippen LogP contribution in [0.3, 0.4) is 0 Å². The maximum atomic E-state index is 12.3. The maximum absolute atomic E-state index is 12.3. The number of nitrogens with one attached hydrogen (secondary N) is 1. The minimum absolute atomic E-state index is 0.0893. The van der Waals surface area contributed by atoms with Crippen LogP contribution in [-0.2, 0) is 16.0 Å². The molecule has 2 aromatic rings. The van der Waals surface area contributed by atoms with Gasteiger partial charge in [0.15, 0.2) is 0 Å². The maximum Gasteiger partial charge on any atom is 0.296 e. The van der Waals surface area contributed by atoms with E-state index in [1.165, 1.54) is 4.90 Å². The van der Waals surface area contributed by atoms with Gasteiger partial charge in [0.25, 0.3) is 5.91 Å². The van der Waals surface area contributed by atoms with E-state index in [0.717, 1.165) is 11.1 Å². The average molecular weight is 344 g/mol. The molecule has 1 aromatic carbocycles. The largest absolute Gasteiger partial charge is 0.352 e. The molecule has 2 heterocycles. The smallest absolute Gasteiger partial charge is 0.296 e. The molecule has 6 heteroatoms. The van der Waals surface area contributed by atoms with Crippen LogP contribution >= 0.6 is 11.6 Å². The zero-order valence-electron chi connectivity index (χ0n) is 13.5. The second-order valence-corrected chi connectivity index (χ2v) is 6.47. The molecule has 1 aliphatic rings. The Morgan fingerprint density at radius 1 is 1.29 bits per heavy atom. The lowest BCUT2D eigenvalue weighted by atomic mass is 10.0. The molecule has 0 fully saturated rings. The number of fused-ring (bicyclic) bond motifs is 1. The average Bonchev–Trinajstić information content (AvgIpc) is 2.55. The van der Waals surface area contributed by atoms with Gasteiger partial charge in [-0.2, -0.15) is 0 Å². The molecule has 24 heavy (non-hydrogen) atoms. The molecule has 3 rings (SSSR count). The minimum Gasteiger partial charge on any atom is -0.352 e. The van der Waals surface area contributed by atoms with E-state index in [1.54, 1.807) is 24.4 Å². The van der Waals surface area contributed by atoms with Gasteiger partial charge in [-0.3, -0.25) is 14.5 Å². The molecule has 0 unspecified atom stereocenters. The first-order chi connectivity index (χ1) is 11.5. The summed E-state index contributed by atoms with van der Waals surface area (Å²) in [6.45, 7) is 4.33. The third-order valence-corrected chi connectivity index (χ3v) is 4.27. The van der Waals surface area contributed by atoms with Crippen molar-refractivity contribution in [3.63, 3.8) is 0 Å². The van der Waals surface area contributed by atoms with Gasteiger partial charge in [-0.25, -0.2) is 4.98 Å². The van der Waals surface area contributed by atoms with Gasteiger partial charge < -0.3 is 5.32 Å². The first kappa shape index (κ1) is 16.5. The van der Waals surface area contributed by atoms with Crippen molar-refractivity contribution in [2.24, 2.45) is 0 Å². The van der Waals surface area contributed by atoms with Gasteiger partial charge in [0, 0.05) is 23.3 Å². The van der Waals surface area contributed by atoms with E-state index >= 15 is 0 Å². The van der Waals surface area contributed by atoms with E-state index in [-0.39, 0.29) is 13.1 Å². The predicted octanol–water partition coefficient (Wildman–Crippen LogP) is 3.39. The van der Waals surface area contributed by atoms with E-state index < -0.39 is 11.7 Å². The number of carbonyl (C=O) groups is 2. The third kappa shape index (κ3) is 3.12. The molecule has 0 aliphatic carbocycles. The van der Waals surface area contributed by atoms with E-state index in [9.17, 15) is 9.59 Å². The van der Waals surface area contributed by atoms with Gasteiger partial charge in [0.05, 0.1) is 6.67 Å². The lowest BCUT2D eigenvalue weighted by Crippen LogP contribution is -2.44. The monoisotopic (exact) mass is 343 g/mol. The predicted molar refractivity (Wildman–Crippen MR) is 94.5 cm³/mol. The van der Waals surface area contributed by atoms with Crippen molar-refractivity contribution in [2.45, 2.75) is 26.2 Å². The third-order valence-electron chi connectivity index (χ3n) is 4.03. The number of aromatic nitrogens is 1. The number of Topliss-reactive ketones (excluding diaryl/α,β-unsaturated/α-hetero) is 1. The molecular weight excluding hydrogens is 326 g/mol. The number of anilines is 2. The van der Waals surface area contributed by atoms with Crippen LogP contribution in [0.1, 0.15) is 30.9 Å². The first-order valence-electron chi connectivity index (χ1n) is 7.79. The van der Waals surface area contributed by atoms with Gasteiger partial charge in [-0.15, -0.1) is 0 Å². The number of ketones is 1. The number of rotatable bonds is 4. The zero-order chi connectivity index (χ0) is 17.3. The van der Waals surface area contributed by atoms with Crippen LogP contribution in [0, 0.1) is 0 Å². The van der Waals surface area contributed by atoms with Crippen molar-refractivity contribution < 1.29 is 9.59 Å². The number of carbonyl (C=O) groups excluding carboxylic acids is 2. The first-order valence-corrected chi connectivity index (χ1v) is 8.17. The fourth-order valence-electron chi connectivity index (χ4n) is 2.81. The van der Waals surface area contributed by atoms with Gasteiger partial charge in [0.2, 0.25) is 5.78 Å². The standard InChI is InChI=1S/C18H18ClN3O2/c1-11(2)14-4-3-7-20-17(14)21-10-22-15-6-5-13(19)8-12(15)9-16(23)18(22)24/h3-8,11H,9-10H2,1-2H3,(H,20,21). The molecule has 0 atom stereocenters. The van der Waals surface area contributed by atoms with Crippen LogP contribution in [0.4, 0.5) is 11.5 Å². The fourth-order valence-corrected chi connectivity index (χ4v) is 3.00. The van der Waals surface area contributed by atoms with Gasteiger partial charge >= 0.3 is 0 Å². The van der Waals surface area contributed by atoms with Gasteiger partial charge in [-0.05, 0) is 41.3 Å². The molecule has 1 amide bonds. The molecule has 1 aromatic heterocycles. The minimum atomic E-state index is -0.514. The lowest BCUT2D eigenvalue weighted by Gasteiger charge is -2.29. The summed E-state index contributed by atoms with van der Waals surface area (Å²) in [5.41, 5.74) is 2.53. The summed E-state index contributed by atoms with van der Waals surface area (Å²) >= 11 is 6.00. The van der Waals surface area contributed by atoms with Crippen LogP contribution in [0.25, 0.3) is 0 Å². The van der Waals surface area contributed by atoms with Gasteiger partial charge in [-0.1, -0.05) is 31.5 Å². The van der Waals surface area contributed by atoms with Crippen LogP contribution in [-0.4, -0.2) is 23.3 Å². The summed E-state index contributed by atoms with van der Waals surface area (Å²) in [5, 5.41) is 3.73. The van der Waals surface area contributed by atoms with Crippen molar-refractivity contribution in [2.75, 3.05) is 16.9 Å². The van der Waals surface area contributed by atoms with E-state index in [0.29, 0.717) is 22.4 Å². The Bertz CT molecular complexity index is 805. The number of nitrogens with zero attached hydrogens (tertiary/aromatic N) is 2. The molecule has 0 saturated heterocycles.